The summed E-state index contributed by atoms with van der Waals surface area (Å²) in [6, 6.07) is 0. The first-order valence-electron chi connectivity index (χ1n) is 17.8. The fraction of sp³-hybridized carbons (Fsp3) is 0.919. The Balaban J connectivity index is 1.64. The molecule has 43 heavy (non-hydrogen) atoms. The Kier molecular flexibility index (Phi) is 9.87. The van der Waals surface area contributed by atoms with Crippen molar-refractivity contribution in [3.8, 4) is 0 Å². The molecule has 0 aromatic rings. The first-order chi connectivity index (χ1) is 19.5. The summed E-state index contributed by atoms with van der Waals surface area (Å²) in [5.74, 6) is 2.84. The minimum absolute atomic E-state index is 0.0816. The van der Waals surface area contributed by atoms with Crippen LogP contribution in [0.2, 0.25) is 36.3 Å². The quantitative estimate of drug-likeness (QED) is 0.203. The number of carboxylic acid groups (broad SMARTS) is 1. The fourth-order valence-electron chi connectivity index (χ4n) is 9.80. The van der Waals surface area contributed by atoms with Crippen molar-refractivity contribution in [3.63, 3.8) is 0 Å². The average molecular weight is 633 g/mol. The van der Waals surface area contributed by atoms with E-state index in [0.29, 0.717) is 23.7 Å². The number of aliphatic carboxylic acids is 1. The number of carboxylic acids is 1. The second-order valence-corrected chi connectivity index (χ2v) is 28.4. The number of hydrogen-bond acceptors (Lipinski definition) is 3. The van der Waals surface area contributed by atoms with Crippen molar-refractivity contribution < 1.29 is 18.8 Å². The van der Waals surface area contributed by atoms with Gasteiger partial charge in [0.05, 0.1) is 12.2 Å². The summed E-state index contributed by atoms with van der Waals surface area (Å²) >= 11 is 0. The van der Waals surface area contributed by atoms with Crippen LogP contribution >= 0.6 is 0 Å². The molecular weight excluding hydrogens is 565 g/mol. The summed E-state index contributed by atoms with van der Waals surface area (Å²) in [5, 5.41) is 9.58. The van der Waals surface area contributed by atoms with Crippen LogP contribution < -0.4 is 0 Å². The van der Waals surface area contributed by atoms with E-state index >= 15 is 0 Å². The van der Waals surface area contributed by atoms with E-state index in [0.717, 1.165) is 43.4 Å². The Bertz CT molecular complexity index is 1050. The summed E-state index contributed by atoms with van der Waals surface area (Å²) in [5.41, 5.74) is 2.11. The molecule has 4 aliphatic rings. The van der Waals surface area contributed by atoms with Crippen LogP contribution in [0.1, 0.15) is 127 Å². The van der Waals surface area contributed by atoms with E-state index in [1.54, 1.807) is 5.57 Å². The lowest BCUT2D eigenvalue weighted by Crippen LogP contribution is -2.60. The lowest BCUT2D eigenvalue weighted by molar-refractivity contribution is -0.137. The predicted molar refractivity (Wildman–Crippen MR) is 185 cm³/mol. The fourth-order valence-corrected chi connectivity index (χ4v) is 12.6. The van der Waals surface area contributed by atoms with Gasteiger partial charge in [0.1, 0.15) is 0 Å². The highest BCUT2D eigenvalue weighted by atomic mass is 28.4. The van der Waals surface area contributed by atoms with Crippen LogP contribution in [0.3, 0.4) is 0 Å². The SMILES string of the molecule is C[C@H](CCCC(=O)O)[C@H]1CC[C@H]2[C@@H]3CC=C4C[C@@H](O[Si](C)(C)C(C)(C)C)C[C@H](O[Si](C)(C)C(C)(C)C)[C@]4(C)[C@H]3CC[C@]12C. The van der Waals surface area contributed by atoms with Gasteiger partial charge in [0.25, 0.3) is 0 Å². The van der Waals surface area contributed by atoms with Crippen LogP contribution in [0.5, 0.6) is 0 Å². The van der Waals surface area contributed by atoms with Gasteiger partial charge in [-0.15, -0.1) is 0 Å². The summed E-state index contributed by atoms with van der Waals surface area (Å²) in [4.78, 5) is 11.2. The molecule has 0 aromatic carbocycles. The van der Waals surface area contributed by atoms with E-state index in [2.05, 4.69) is 94.6 Å². The Morgan fingerprint density at radius 1 is 0.977 bits per heavy atom. The van der Waals surface area contributed by atoms with Crippen molar-refractivity contribution in [2.24, 2.45) is 40.4 Å². The van der Waals surface area contributed by atoms with Gasteiger partial charge >= 0.3 is 5.97 Å². The monoisotopic (exact) mass is 632 g/mol. The second-order valence-electron chi connectivity index (χ2n) is 18.9. The minimum atomic E-state index is -2.00. The van der Waals surface area contributed by atoms with Gasteiger partial charge in [-0.1, -0.05) is 74.0 Å². The molecule has 1 N–H and O–H groups in total. The maximum absolute atomic E-state index is 11.2. The largest absolute Gasteiger partial charge is 0.481 e. The number of carbonyl (C=O) groups is 1. The number of rotatable bonds is 9. The van der Waals surface area contributed by atoms with E-state index in [9.17, 15) is 9.90 Å². The highest BCUT2D eigenvalue weighted by Gasteiger charge is 2.62. The highest BCUT2D eigenvalue weighted by Crippen LogP contribution is 2.68. The maximum Gasteiger partial charge on any atom is 0.303 e. The van der Waals surface area contributed by atoms with E-state index in [1.165, 1.54) is 32.1 Å². The van der Waals surface area contributed by atoms with Crippen molar-refractivity contribution in [1.29, 1.82) is 0 Å². The van der Waals surface area contributed by atoms with Gasteiger partial charge in [-0.05, 0) is 129 Å². The molecule has 0 spiro atoms. The predicted octanol–water partition coefficient (Wildman–Crippen LogP) is 10.8. The molecule has 4 aliphatic carbocycles. The van der Waals surface area contributed by atoms with Gasteiger partial charge in [-0.3, -0.25) is 4.79 Å². The second kappa shape index (κ2) is 12.0. The van der Waals surface area contributed by atoms with Gasteiger partial charge in [0, 0.05) is 11.8 Å². The number of hydrogen-bond donors (Lipinski definition) is 1. The molecule has 0 aliphatic heterocycles. The van der Waals surface area contributed by atoms with Crippen LogP contribution in [-0.2, 0) is 13.6 Å². The van der Waals surface area contributed by atoms with Crippen molar-refractivity contribution >= 4 is 22.6 Å². The Hall–Kier alpha value is -0.436. The maximum atomic E-state index is 11.2. The molecule has 0 radical (unpaired) electrons. The van der Waals surface area contributed by atoms with Crippen molar-refractivity contribution in [2.45, 2.75) is 175 Å². The molecule has 3 fully saturated rings. The average Bonchev–Trinajstić information content (AvgIpc) is 3.20. The van der Waals surface area contributed by atoms with E-state index in [4.69, 9.17) is 8.85 Å². The summed E-state index contributed by atoms with van der Waals surface area (Å²) in [6.07, 6.45) is 13.9. The summed E-state index contributed by atoms with van der Waals surface area (Å²) in [6.45, 7) is 31.6. The van der Waals surface area contributed by atoms with Crippen molar-refractivity contribution in [2.75, 3.05) is 0 Å². The van der Waals surface area contributed by atoms with Gasteiger partial charge in [-0.2, -0.15) is 0 Å². The molecule has 0 amide bonds. The molecule has 4 nitrogen and oxygen atoms in total. The molecule has 4 rings (SSSR count). The zero-order valence-corrected chi connectivity index (χ0v) is 32.4. The highest BCUT2D eigenvalue weighted by molar-refractivity contribution is 6.74. The zero-order valence-electron chi connectivity index (χ0n) is 30.4. The Morgan fingerprint density at radius 3 is 2.16 bits per heavy atom. The molecule has 0 heterocycles. The Labute approximate surface area is 267 Å². The van der Waals surface area contributed by atoms with Crippen molar-refractivity contribution in [1.82, 2.24) is 0 Å². The molecule has 0 saturated heterocycles. The van der Waals surface area contributed by atoms with Gasteiger partial charge in [-0.25, -0.2) is 0 Å². The van der Waals surface area contributed by atoms with E-state index < -0.39 is 22.6 Å². The van der Waals surface area contributed by atoms with Gasteiger partial charge in [0.15, 0.2) is 16.6 Å². The normalized spacial score (nSPS) is 37.7. The first-order valence-corrected chi connectivity index (χ1v) is 23.6. The molecule has 0 bridgehead atoms. The molecule has 248 valence electrons. The zero-order chi connectivity index (χ0) is 32.4. The Morgan fingerprint density at radius 2 is 1.58 bits per heavy atom. The topological polar surface area (TPSA) is 55.8 Å². The summed E-state index contributed by atoms with van der Waals surface area (Å²) < 4.78 is 14.7. The third kappa shape index (κ3) is 6.56. The third-order valence-corrected chi connectivity index (χ3v) is 23.5. The minimum Gasteiger partial charge on any atom is -0.481 e. The van der Waals surface area contributed by atoms with Crippen LogP contribution in [-0.4, -0.2) is 39.9 Å². The summed E-state index contributed by atoms with van der Waals surface area (Å²) in [7, 11) is -3.90. The molecule has 0 unspecified atom stereocenters. The lowest BCUT2D eigenvalue weighted by Gasteiger charge is -2.62. The van der Waals surface area contributed by atoms with Crippen LogP contribution in [0.15, 0.2) is 11.6 Å². The lowest BCUT2D eigenvalue weighted by atomic mass is 9.46. The van der Waals surface area contributed by atoms with Crippen LogP contribution in [0, 0.1) is 40.4 Å². The standard InChI is InChI=1S/C37H68O4Si2/c1-25(15-14-16-33(38)39)29-19-20-30-28-18-17-26-23-27(40-42(10,11)34(2,3)4)24-32(41-43(12,13)35(5,6)7)37(26,9)31(28)21-22-36(29,30)8/h17,25,27-32H,14-16,18-24H2,1-13H3,(H,38,39)/t25-,27-,28+,29-,30+,31+,32+,36-,37+/m1/s1. The molecule has 6 heteroatoms. The smallest absolute Gasteiger partial charge is 0.303 e. The molecule has 3 saturated carbocycles. The molecule has 0 aromatic heterocycles. The molecular formula is C37H68O4Si2. The van der Waals surface area contributed by atoms with E-state index in [1.807, 2.05) is 0 Å². The van der Waals surface area contributed by atoms with Gasteiger partial charge in [0.2, 0.25) is 0 Å². The van der Waals surface area contributed by atoms with Crippen molar-refractivity contribution in [3.05, 3.63) is 11.6 Å². The number of allylic oxidation sites excluding steroid dienone is 1. The number of fused-ring (bicyclic) bond motifs is 5. The molecule has 9 atom stereocenters. The van der Waals surface area contributed by atoms with Crippen LogP contribution in [0.4, 0.5) is 0 Å². The first kappa shape index (κ1) is 35.4. The van der Waals surface area contributed by atoms with Crippen LogP contribution in [0.25, 0.3) is 0 Å². The van der Waals surface area contributed by atoms with Gasteiger partial charge < -0.3 is 14.0 Å². The third-order valence-electron chi connectivity index (χ3n) is 14.4. The van der Waals surface area contributed by atoms with E-state index in [-0.39, 0.29) is 27.7 Å².